The summed E-state index contributed by atoms with van der Waals surface area (Å²) in [5, 5.41) is 2.74. The summed E-state index contributed by atoms with van der Waals surface area (Å²) in [5.74, 6) is 1.66. The van der Waals surface area contributed by atoms with Crippen molar-refractivity contribution in [1.82, 2.24) is 5.32 Å². The van der Waals surface area contributed by atoms with Gasteiger partial charge in [0.1, 0.15) is 0 Å². The summed E-state index contributed by atoms with van der Waals surface area (Å²) in [7, 11) is 0.389. The molecule has 0 bridgehead atoms. The molecular weight excluding hydrogens is 109 g/mol. The lowest BCUT2D eigenvalue weighted by Crippen LogP contribution is -1.89. The molecule has 1 unspecified atom stereocenters. The third-order valence-electron chi connectivity index (χ3n) is 0.485. The third-order valence-corrected chi connectivity index (χ3v) is 1.12. The maximum Gasteiger partial charge on any atom is 0.0953 e. The molecule has 0 aromatic heterocycles. The summed E-state index contributed by atoms with van der Waals surface area (Å²) in [5.41, 5.74) is 0. The Hall–Kier alpha value is -0.230. The lowest BCUT2D eigenvalue weighted by Gasteiger charge is -1.80. The molecule has 0 aliphatic heterocycles. The average Bonchev–Trinajstić information content (AvgIpc) is 1.61. The average molecular weight is 119 g/mol. The zero-order valence-corrected chi connectivity index (χ0v) is 5.56. The Morgan fingerprint density at radius 3 is 2.43 bits per heavy atom. The summed E-state index contributed by atoms with van der Waals surface area (Å²) in [6.45, 7) is 1.69. The van der Waals surface area contributed by atoms with E-state index in [-0.39, 0.29) is 0 Å². The number of nitrogens with one attached hydrogen (secondary N) is 1. The molecule has 0 aromatic rings. The van der Waals surface area contributed by atoms with E-state index in [9.17, 15) is 4.57 Å². The van der Waals surface area contributed by atoms with Crippen LogP contribution in [-0.4, -0.2) is 13.7 Å². The first-order valence-corrected chi connectivity index (χ1v) is 4.10. The molecule has 3 heteroatoms. The molecule has 0 fully saturated rings. The van der Waals surface area contributed by atoms with E-state index < -0.39 is 7.80 Å². The normalized spacial score (nSPS) is 14.6. The van der Waals surface area contributed by atoms with Gasteiger partial charge in [0.15, 0.2) is 0 Å². The fraction of sp³-hybridized carbons (Fsp3) is 0.500. The van der Waals surface area contributed by atoms with Crippen LogP contribution < -0.4 is 5.32 Å². The highest BCUT2D eigenvalue weighted by Gasteiger charge is 1.72. The van der Waals surface area contributed by atoms with Gasteiger partial charge in [0.2, 0.25) is 0 Å². The molecular formula is C4H10NOP. The van der Waals surface area contributed by atoms with Gasteiger partial charge in [0.25, 0.3) is 0 Å². The Morgan fingerprint density at radius 1 is 1.71 bits per heavy atom. The molecule has 0 aliphatic carbocycles. The largest absolute Gasteiger partial charge is 0.394 e. The zero-order chi connectivity index (χ0) is 5.70. The molecule has 0 saturated carbocycles. The van der Waals surface area contributed by atoms with Crippen LogP contribution in [0.3, 0.4) is 0 Å². The van der Waals surface area contributed by atoms with Crippen LogP contribution in [0.4, 0.5) is 0 Å². The Labute approximate surface area is 44.4 Å². The van der Waals surface area contributed by atoms with E-state index in [4.69, 9.17) is 0 Å². The van der Waals surface area contributed by atoms with Crippen LogP contribution in [-0.2, 0) is 4.57 Å². The molecule has 2 nitrogen and oxygen atoms in total. The van der Waals surface area contributed by atoms with Crippen molar-refractivity contribution in [2.45, 2.75) is 0 Å². The summed E-state index contributed by atoms with van der Waals surface area (Å²) in [4.78, 5) is 0. The maximum atomic E-state index is 10.3. The van der Waals surface area contributed by atoms with Gasteiger partial charge in [-0.25, -0.2) is 0 Å². The molecule has 1 N–H and O–H groups in total. The molecule has 0 aromatic carbocycles. The minimum Gasteiger partial charge on any atom is -0.394 e. The second-order valence-corrected chi connectivity index (χ2v) is 2.79. The van der Waals surface area contributed by atoms with E-state index in [0.717, 1.165) is 0 Å². The molecule has 0 aliphatic rings. The van der Waals surface area contributed by atoms with Gasteiger partial charge in [-0.3, -0.25) is 0 Å². The number of hydrogen-bond acceptors (Lipinski definition) is 2. The van der Waals surface area contributed by atoms with Crippen LogP contribution in [0.25, 0.3) is 0 Å². The topological polar surface area (TPSA) is 29.1 Å². The van der Waals surface area contributed by atoms with E-state index in [1.54, 1.807) is 25.7 Å². The molecule has 42 valence electrons. The van der Waals surface area contributed by atoms with Crippen molar-refractivity contribution in [3.63, 3.8) is 0 Å². The summed E-state index contributed by atoms with van der Waals surface area (Å²) < 4.78 is 10.3. The van der Waals surface area contributed by atoms with Crippen molar-refractivity contribution in [2.75, 3.05) is 13.7 Å². The van der Waals surface area contributed by atoms with Gasteiger partial charge in [-0.15, -0.1) is 0 Å². The molecule has 7 heavy (non-hydrogen) atoms. The van der Waals surface area contributed by atoms with E-state index >= 15 is 0 Å². The highest BCUT2D eigenvalue weighted by molar-refractivity contribution is 7.47. The van der Waals surface area contributed by atoms with Gasteiger partial charge < -0.3 is 9.88 Å². The van der Waals surface area contributed by atoms with Gasteiger partial charge in [-0.2, -0.15) is 0 Å². The van der Waals surface area contributed by atoms with Crippen LogP contribution in [0.15, 0.2) is 12.0 Å². The highest BCUT2D eigenvalue weighted by Crippen LogP contribution is 2.12. The van der Waals surface area contributed by atoms with Crippen LogP contribution in [0, 0.1) is 0 Å². The third kappa shape index (κ3) is 5.77. The Morgan fingerprint density at radius 2 is 2.29 bits per heavy atom. The Kier molecular flexibility index (Phi) is 3.81. The first-order chi connectivity index (χ1) is 3.27. The lowest BCUT2D eigenvalue weighted by molar-refractivity contribution is 0.596. The van der Waals surface area contributed by atoms with Crippen LogP contribution >= 0.6 is 7.80 Å². The predicted molar refractivity (Wildman–Crippen MR) is 33.1 cm³/mol. The Balaban J connectivity index is 3.26. The van der Waals surface area contributed by atoms with Gasteiger partial charge in [0.05, 0.1) is 7.80 Å². The molecule has 0 saturated heterocycles. The Bertz CT molecular complexity index is 89.7. The van der Waals surface area contributed by atoms with Crippen molar-refractivity contribution in [3.05, 3.63) is 12.0 Å². The first-order valence-electron chi connectivity index (χ1n) is 2.11. The summed E-state index contributed by atoms with van der Waals surface area (Å²) in [6, 6.07) is 0. The monoisotopic (exact) mass is 119 g/mol. The highest BCUT2D eigenvalue weighted by atomic mass is 31.1. The van der Waals surface area contributed by atoms with Crippen molar-refractivity contribution >= 4 is 7.80 Å². The SMILES string of the molecule is CN/C=C/[PH](C)=O. The van der Waals surface area contributed by atoms with Gasteiger partial charge in [-0.1, -0.05) is 0 Å². The fourth-order valence-corrected chi connectivity index (χ4v) is 0.602. The summed E-state index contributed by atoms with van der Waals surface area (Å²) in [6.07, 6.45) is 1.68. The fourth-order valence-electron chi connectivity index (χ4n) is 0.201. The second-order valence-electron chi connectivity index (χ2n) is 1.23. The van der Waals surface area contributed by atoms with Crippen molar-refractivity contribution < 1.29 is 4.57 Å². The maximum absolute atomic E-state index is 10.3. The van der Waals surface area contributed by atoms with E-state index in [1.807, 2.05) is 0 Å². The van der Waals surface area contributed by atoms with Crippen LogP contribution in [0.5, 0.6) is 0 Å². The van der Waals surface area contributed by atoms with Gasteiger partial charge in [0, 0.05) is 7.05 Å². The molecule has 0 radical (unpaired) electrons. The zero-order valence-electron chi connectivity index (χ0n) is 4.56. The first kappa shape index (κ1) is 6.77. The van der Waals surface area contributed by atoms with Crippen molar-refractivity contribution in [3.8, 4) is 0 Å². The molecule has 1 atom stereocenters. The van der Waals surface area contributed by atoms with Crippen LogP contribution in [0.1, 0.15) is 0 Å². The van der Waals surface area contributed by atoms with Crippen molar-refractivity contribution in [1.29, 1.82) is 0 Å². The van der Waals surface area contributed by atoms with E-state index in [2.05, 4.69) is 5.32 Å². The molecule has 0 rings (SSSR count). The van der Waals surface area contributed by atoms with E-state index in [0.29, 0.717) is 0 Å². The minimum absolute atomic E-state index is 1.39. The quantitative estimate of drug-likeness (QED) is 0.546. The second kappa shape index (κ2) is 3.94. The molecule has 0 amide bonds. The number of hydrogen-bond donors (Lipinski definition) is 1. The van der Waals surface area contributed by atoms with Crippen LogP contribution in [0.2, 0.25) is 0 Å². The molecule has 0 heterocycles. The minimum atomic E-state index is -1.39. The van der Waals surface area contributed by atoms with Gasteiger partial charge in [-0.05, 0) is 18.7 Å². The number of rotatable bonds is 2. The molecule has 0 spiro atoms. The predicted octanol–water partition coefficient (Wildman–Crippen LogP) is 0.867. The van der Waals surface area contributed by atoms with Crippen molar-refractivity contribution in [2.24, 2.45) is 0 Å². The summed E-state index contributed by atoms with van der Waals surface area (Å²) >= 11 is 0. The standard InChI is InChI=1S/C4H10NOP/c1-5-3-4-7(2)6/h3-5,7H,1-2H3/b4-3+. The van der Waals surface area contributed by atoms with E-state index in [1.165, 1.54) is 0 Å². The smallest absolute Gasteiger partial charge is 0.0953 e. The van der Waals surface area contributed by atoms with Gasteiger partial charge >= 0.3 is 0 Å². The lowest BCUT2D eigenvalue weighted by atomic mass is 11.0.